The van der Waals surface area contributed by atoms with Gasteiger partial charge in [-0.15, -0.1) is 24.0 Å². The number of amides is 1. The number of guanidine groups is 1. The van der Waals surface area contributed by atoms with Crippen LogP contribution in [0.15, 0.2) is 35.3 Å². The Labute approximate surface area is 157 Å². The second-order valence-corrected chi connectivity index (χ2v) is 5.54. The Kier molecular flexibility index (Phi) is 11.5. The number of unbranched alkanes of at least 4 members (excludes halogenated alkanes) is 1. The number of halogens is 1. The van der Waals surface area contributed by atoms with Crippen molar-refractivity contribution in [2.24, 2.45) is 4.99 Å². The van der Waals surface area contributed by atoms with Crippen LogP contribution < -0.4 is 5.32 Å². The number of rotatable bonds is 7. The van der Waals surface area contributed by atoms with Gasteiger partial charge in [-0.3, -0.25) is 4.79 Å². The summed E-state index contributed by atoms with van der Waals surface area (Å²) >= 11 is 0. The van der Waals surface area contributed by atoms with Crippen molar-refractivity contribution in [1.82, 2.24) is 15.1 Å². The molecule has 1 aromatic carbocycles. The van der Waals surface area contributed by atoms with Crippen LogP contribution in [-0.4, -0.2) is 55.9 Å². The molecule has 0 radical (unpaired) electrons. The molecule has 1 N–H and O–H groups in total. The third-order valence-corrected chi connectivity index (χ3v) is 3.36. The van der Waals surface area contributed by atoms with Gasteiger partial charge in [0.2, 0.25) is 5.91 Å². The lowest BCUT2D eigenvalue weighted by molar-refractivity contribution is -0.127. The van der Waals surface area contributed by atoms with Crippen LogP contribution in [-0.2, 0) is 11.3 Å². The summed E-state index contributed by atoms with van der Waals surface area (Å²) in [6, 6.07) is 10.1. The Morgan fingerprint density at radius 2 is 1.83 bits per heavy atom. The van der Waals surface area contributed by atoms with Crippen LogP contribution in [0.3, 0.4) is 0 Å². The zero-order valence-corrected chi connectivity index (χ0v) is 16.9. The number of aliphatic imine (C=N–C) groups is 1. The fourth-order valence-electron chi connectivity index (χ4n) is 1.88. The number of likely N-dealkylation sites (N-methyl/N-ethyl adjacent to an activating group) is 1. The monoisotopic (exact) mass is 432 g/mol. The lowest BCUT2D eigenvalue weighted by Crippen LogP contribution is -2.44. The van der Waals surface area contributed by atoms with Gasteiger partial charge in [-0.05, 0) is 12.0 Å². The maximum atomic E-state index is 11.7. The van der Waals surface area contributed by atoms with Crippen LogP contribution in [0.25, 0.3) is 0 Å². The first kappa shape index (κ1) is 21.7. The highest BCUT2D eigenvalue weighted by Gasteiger charge is 2.09. The highest BCUT2D eigenvalue weighted by molar-refractivity contribution is 14.0. The Hall–Kier alpha value is -1.31. The predicted octanol–water partition coefficient (Wildman–Crippen LogP) is 2.57. The SMILES string of the molecule is CCCCN(C)C(=NCc1ccccc1)NCC(=O)N(C)C.I. The van der Waals surface area contributed by atoms with Crippen LogP contribution in [0.2, 0.25) is 0 Å². The Morgan fingerprint density at radius 1 is 1.17 bits per heavy atom. The van der Waals surface area contributed by atoms with Crippen LogP contribution in [0.1, 0.15) is 25.3 Å². The van der Waals surface area contributed by atoms with Crippen molar-refractivity contribution >= 4 is 35.8 Å². The zero-order valence-electron chi connectivity index (χ0n) is 14.6. The third kappa shape index (κ3) is 8.78. The van der Waals surface area contributed by atoms with E-state index >= 15 is 0 Å². The van der Waals surface area contributed by atoms with Crippen LogP contribution in [0, 0.1) is 0 Å². The molecule has 0 unspecified atom stereocenters. The van der Waals surface area contributed by atoms with E-state index in [1.807, 2.05) is 25.2 Å². The molecule has 1 aromatic rings. The topological polar surface area (TPSA) is 47.9 Å². The number of nitrogens with one attached hydrogen (secondary N) is 1. The third-order valence-electron chi connectivity index (χ3n) is 3.36. The summed E-state index contributed by atoms with van der Waals surface area (Å²) in [4.78, 5) is 20.0. The molecule has 0 aliphatic heterocycles. The molecule has 1 amide bonds. The Bertz CT molecular complexity index is 477. The molecular weight excluding hydrogens is 403 g/mol. The summed E-state index contributed by atoms with van der Waals surface area (Å²) < 4.78 is 0. The van der Waals surface area contributed by atoms with E-state index in [2.05, 4.69) is 34.3 Å². The van der Waals surface area contributed by atoms with Crippen molar-refractivity contribution < 1.29 is 4.79 Å². The first-order valence-electron chi connectivity index (χ1n) is 7.78. The molecule has 130 valence electrons. The van der Waals surface area contributed by atoms with E-state index in [0.717, 1.165) is 30.9 Å². The summed E-state index contributed by atoms with van der Waals surface area (Å²) in [7, 11) is 5.52. The molecule has 0 aromatic heterocycles. The summed E-state index contributed by atoms with van der Waals surface area (Å²) in [6.45, 7) is 3.96. The standard InChI is InChI=1S/C17H28N4O.HI/c1-5-6-12-21(4)17(19-14-16(22)20(2)3)18-13-15-10-8-7-9-11-15;/h7-11H,5-6,12-14H2,1-4H3,(H,18,19);1H. The van der Waals surface area contributed by atoms with Gasteiger partial charge in [0.15, 0.2) is 5.96 Å². The van der Waals surface area contributed by atoms with Crippen molar-refractivity contribution in [1.29, 1.82) is 0 Å². The minimum absolute atomic E-state index is 0. The molecule has 6 heteroatoms. The van der Waals surface area contributed by atoms with Gasteiger partial charge in [-0.1, -0.05) is 43.7 Å². The molecule has 1 rings (SSSR count). The smallest absolute Gasteiger partial charge is 0.241 e. The van der Waals surface area contributed by atoms with Gasteiger partial charge < -0.3 is 15.1 Å². The predicted molar refractivity (Wildman–Crippen MR) is 107 cm³/mol. The second kappa shape index (κ2) is 12.2. The van der Waals surface area contributed by atoms with Crippen molar-refractivity contribution in [3.05, 3.63) is 35.9 Å². The van der Waals surface area contributed by atoms with Crippen LogP contribution >= 0.6 is 24.0 Å². The van der Waals surface area contributed by atoms with E-state index < -0.39 is 0 Å². The van der Waals surface area contributed by atoms with Crippen molar-refractivity contribution in [3.8, 4) is 0 Å². The maximum absolute atomic E-state index is 11.7. The molecule has 0 aliphatic rings. The van der Waals surface area contributed by atoms with E-state index in [0.29, 0.717) is 6.54 Å². The highest BCUT2D eigenvalue weighted by atomic mass is 127. The van der Waals surface area contributed by atoms with Crippen LogP contribution in [0.5, 0.6) is 0 Å². The van der Waals surface area contributed by atoms with Gasteiger partial charge in [0.05, 0.1) is 13.1 Å². The summed E-state index contributed by atoms with van der Waals surface area (Å²) in [6.07, 6.45) is 2.23. The minimum Gasteiger partial charge on any atom is -0.347 e. The molecule has 5 nitrogen and oxygen atoms in total. The van der Waals surface area contributed by atoms with E-state index in [1.54, 1.807) is 19.0 Å². The number of carbonyl (C=O) groups excluding carboxylic acids is 1. The van der Waals surface area contributed by atoms with Gasteiger partial charge in [0.1, 0.15) is 0 Å². The number of hydrogen-bond acceptors (Lipinski definition) is 2. The van der Waals surface area contributed by atoms with E-state index in [1.165, 1.54) is 0 Å². The zero-order chi connectivity index (χ0) is 16.4. The van der Waals surface area contributed by atoms with Gasteiger partial charge in [-0.2, -0.15) is 0 Å². The molecule has 0 spiro atoms. The Morgan fingerprint density at radius 3 is 2.39 bits per heavy atom. The van der Waals surface area contributed by atoms with E-state index in [4.69, 9.17) is 0 Å². The molecule has 0 aliphatic carbocycles. The Balaban J connectivity index is 0.00000484. The molecule has 0 saturated heterocycles. The number of hydrogen-bond donors (Lipinski definition) is 1. The largest absolute Gasteiger partial charge is 0.347 e. The molecule has 0 atom stereocenters. The molecular formula is C17H29IN4O. The second-order valence-electron chi connectivity index (χ2n) is 5.54. The lowest BCUT2D eigenvalue weighted by atomic mass is 10.2. The minimum atomic E-state index is 0. The van der Waals surface area contributed by atoms with Gasteiger partial charge in [-0.25, -0.2) is 4.99 Å². The van der Waals surface area contributed by atoms with Gasteiger partial charge in [0.25, 0.3) is 0 Å². The normalized spacial score (nSPS) is 10.7. The molecule has 23 heavy (non-hydrogen) atoms. The van der Waals surface area contributed by atoms with Crippen molar-refractivity contribution in [3.63, 3.8) is 0 Å². The first-order chi connectivity index (χ1) is 10.5. The average molecular weight is 432 g/mol. The summed E-state index contributed by atoms with van der Waals surface area (Å²) in [5, 5.41) is 3.16. The molecule has 0 bridgehead atoms. The van der Waals surface area contributed by atoms with Crippen molar-refractivity contribution in [2.75, 3.05) is 34.2 Å². The fraction of sp³-hybridized carbons (Fsp3) is 0.529. The number of nitrogens with zero attached hydrogens (tertiary/aromatic N) is 3. The van der Waals surface area contributed by atoms with Crippen molar-refractivity contribution in [2.45, 2.75) is 26.3 Å². The van der Waals surface area contributed by atoms with E-state index in [-0.39, 0.29) is 36.4 Å². The van der Waals surface area contributed by atoms with Gasteiger partial charge >= 0.3 is 0 Å². The molecule has 0 fully saturated rings. The number of benzene rings is 1. The first-order valence-corrected chi connectivity index (χ1v) is 7.78. The summed E-state index contributed by atoms with van der Waals surface area (Å²) in [5.41, 5.74) is 1.16. The van der Waals surface area contributed by atoms with Gasteiger partial charge in [0, 0.05) is 27.7 Å². The van der Waals surface area contributed by atoms with Crippen LogP contribution in [0.4, 0.5) is 0 Å². The maximum Gasteiger partial charge on any atom is 0.241 e. The number of carbonyl (C=O) groups is 1. The highest BCUT2D eigenvalue weighted by Crippen LogP contribution is 2.01. The lowest BCUT2D eigenvalue weighted by Gasteiger charge is -2.23. The quantitative estimate of drug-likeness (QED) is 0.410. The van der Waals surface area contributed by atoms with E-state index in [9.17, 15) is 4.79 Å². The summed E-state index contributed by atoms with van der Waals surface area (Å²) in [5.74, 6) is 0.809. The molecule has 0 heterocycles. The molecule has 0 saturated carbocycles. The average Bonchev–Trinajstić information content (AvgIpc) is 2.53. The fourth-order valence-corrected chi connectivity index (χ4v) is 1.88.